The van der Waals surface area contributed by atoms with Crippen LogP contribution in [0, 0.1) is 0 Å². The predicted molar refractivity (Wildman–Crippen MR) is 63.6 cm³/mol. The number of esters is 1. The van der Waals surface area contributed by atoms with Crippen molar-refractivity contribution in [2.45, 2.75) is 32.6 Å². The summed E-state index contributed by atoms with van der Waals surface area (Å²) in [4.78, 5) is 31.1. The Labute approximate surface area is 137 Å². The van der Waals surface area contributed by atoms with E-state index >= 15 is 0 Å². The van der Waals surface area contributed by atoms with E-state index in [4.69, 9.17) is 4.74 Å². The quantitative estimate of drug-likeness (QED) is 0.197. The van der Waals surface area contributed by atoms with Gasteiger partial charge in [-0.2, -0.15) is 0 Å². The fourth-order valence-corrected chi connectivity index (χ4v) is 1.37. The van der Waals surface area contributed by atoms with Crippen LogP contribution in [0.15, 0.2) is 12.2 Å². The first-order valence-corrected chi connectivity index (χ1v) is 6.78. The summed E-state index contributed by atoms with van der Waals surface area (Å²) in [6.45, 7) is 5.24. The topological polar surface area (TPSA) is 98.7 Å². The zero-order chi connectivity index (χ0) is 13.3. The molecule has 0 aromatic heterocycles. The van der Waals surface area contributed by atoms with E-state index in [2.05, 4.69) is 11.1 Å². The molecule has 0 unspecified atom stereocenters. The zero-order valence-electron chi connectivity index (χ0n) is 10.6. The molecule has 100 valence electrons. The van der Waals surface area contributed by atoms with Gasteiger partial charge in [0.1, 0.15) is 0 Å². The maximum Gasteiger partial charge on any atom is 2.00 e. The van der Waals surface area contributed by atoms with E-state index in [1.807, 2.05) is 0 Å². The summed E-state index contributed by atoms with van der Waals surface area (Å²) in [5.41, 5.74) is 0.361. The summed E-state index contributed by atoms with van der Waals surface area (Å²) in [5, 5.41) is 0. The molecule has 0 bridgehead atoms. The van der Waals surface area contributed by atoms with Gasteiger partial charge in [0.25, 0.3) is 0 Å². The minimum Gasteiger partial charge on any atom is -0.790 e. The summed E-state index contributed by atoms with van der Waals surface area (Å²) in [7, 11) is -4.83. The molecule has 0 amide bonds. The summed E-state index contributed by atoms with van der Waals surface area (Å²) >= 11 is 0. The van der Waals surface area contributed by atoms with Gasteiger partial charge >= 0.3 is 43.7 Å². The Morgan fingerprint density at radius 2 is 1.67 bits per heavy atom. The van der Waals surface area contributed by atoms with Crippen LogP contribution in [0.25, 0.3) is 0 Å². The van der Waals surface area contributed by atoms with Crippen LogP contribution in [-0.2, 0) is 18.6 Å². The number of carbonyl (C=O) groups excluding carboxylic acids is 1. The van der Waals surface area contributed by atoms with Crippen LogP contribution in [0.2, 0.25) is 0 Å². The molecule has 0 N–H and O–H groups in total. The van der Waals surface area contributed by atoms with Gasteiger partial charge < -0.3 is 23.6 Å². The smallest absolute Gasteiger partial charge is 0.790 e. The molecule has 8 heteroatoms. The van der Waals surface area contributed by atoms with Crippen LogP contribution in [0.3, 0.4) is 0 Å². The largest absolute Gasteiger partial charge is 2.00 e. The van der Waals surface area contributed by atoms with Gasteiger partial charge in [-0.05, 0) is 26.2 Å². The van der Waals surface area contributed by atoms with Crippen LogP contribution >= 0.6 is 7.82 Å². The third-order valence-electron chi connectivity index (χ3n) is 1.87. The number of hydrogen-bond acceptors (Lipinski definition) is 6. The minimum atomic E-state index is -4.83. The summed E-state index contributed by atoms with van der Waals surface area (Å²) in [6, 6.07) is 0. The molecule has 0 aliphatic heterocycles. The Hall–Kier alpha value is 0.580. The molecule has 18 heavy (non-hydrogen) atoms. The average molecular weight is 304 g/mol. The van der Waals surface area contributed by atoms with E-state index < -0.39 is 13.8 Å². The van der Waals surface area contributed by atoms with Gasteiger partial charge in [0.15, 0.2) is 0 Å². The number of phosphoric ester groups is 1. The predicted octanol–water partition coefficient (Wildman–Crippen LogP) is 0.131. The Bertz CT molecular complexity index is 301. The molecule has 0 saturated carbocycles. The number of hydrogen-bond donors (Lipinski definition) is 0. The van der Waals surface area contributed by atoms with Gasteiger partial charge in [-0.15, -0.1) is 0 Å². The second kappa shape index (κ2) is 11.4. The molecule has 0 fully saturated rings. The first-order chi connectivity index (χ1) is 7.83. The van der Waals surface area contributed by atoms with Gasteiger partial charge in [0.05, 0.1) is 21.0 Å². The van der Waals surface area contributed by atoms with Crippen molar-refractivity contribution in [3.05, 3.63) is 12.2 Å². The molecular formula is C10H17CaO6P. The van der Waals surface area contributed by atoms with Gasteiger partial charge in [-0.1, -0.05) is 13.0 Å². The van der Waals surface area contributed by atoms with Crippen molar-refractivity contribution >= 4 is 51.5 Å². The van der Waals surface area contributed by atoms with Gasteiger partial charge in [0.2, 0.25) is 0 Å². The van der Waals surface area contributed by atoms with E-state index in [0.717, 1.165) is 6.42 Å². The molecule has 0 spiro atoms. The van der Waals surface area contributed by atoms with E-state index in [1.165, 1.54) is 0 Å². The molecule has 0 aliphatic carbocycles. The normalized spacial score (nSPS) is 10.6. The fourth-order valence-electron chi connectivity index (χ4n) is 1.02. The van der Waals surface area contributed by atoms with Crippen LogP contribution in [-0.4, -0.2) is 56.9 Å². The molecule has 0 rings (SSSR count). The Morgan fingerprint density at radius 1 is 1.17 bits per heavy atom. The Balaban J connectivity index is 0. The zero-order valence-corrected chi connectivity index (χ0v) is 13.7. The van der Waals surface area contributed by atoms with Crippen molar-refractivity contribution in [3.8, 4) is 0 Å². The molecule has 0 heterocycles. The summed E-state index contributed by atoms with van der Waals surface area (Å²) in [5.74, 6) is -0.410. The molecular weight excluding hydrogens is 287 g/mol. The maximum absolute atomic E-state index is 10.9. The van der Waals surface area contributed by atoms with Gasteiger partial charge in [-0.25, -0.2) is 4.79 Å². The number of unbranched alkanes of at least 4 members (excludes halogenated alkanes) is 3. The maximum atomic E-state index is 10.9. The van der Waals surface area contributed by atoms with Crippen molar-refractivity contribution in [1.29, 1.82) is 0 Å². The van der Waals surface area contributed by atoms with Crippen molar-refractivity contribution in [2.24, 2.45) is 0 Å². The standard InChI is InChI=1S/C10H19O6P.Ca/c1-9(2)10(11)15-7-5-3-4-6-8-16-17(12,13)14;/h1,3-8H2,2H3,(H2,12,13,14);/q;+2/p-2. The Morgan fingerprint density at radius 3 is 2.11 bits per heavy atom. The molecule has 0 aromatic rings. The summed E-state index contributed by atoms with van der Waals surface area (Å²) in [6.07, 6.45) is 2.66. The average Bonchev–Trinajstić information content (AvgIpc) is 2.19. The van der Waals surface area contributed by atoms with Crippen LogP contribution in [0.4, 0.5) is 0 Å². The van der Waals surface area contributed by atoms with Gasteiger partial charge in [0, 0.05) is 5.57 Å². The molecule has 0 atom stereocenters. The summed E-state index contributed by atoms with van der Waals surface area (Å²) < 4.78 is 19.0. The van der Waals surface area contributed by atoms with Crippen molar-refractivity contribution in [3.63, 3.8) is 0 Å². The van der Waals surface area contributed by atoms with Gasteiger partial charge in [-0.3, -0.25) is 0 Å². The van der Waals surface area contributed by atoms with Crippen LogP contribution in [0.5, 0.6) is 0 Å². The second-order valence-corrected chi connectivity index (χ2v) is 4.76. The van der Waals surface area contributed by atoms with Crippen LogP contribution in [0.1, 0.15) is 32.6 Å². The van der Waals surface area contributed by atoms with Crippen molar-refractivity contribution in [2.75, 3.05) is 13.2 Å². The monoisotopic (exact) mass is 304 g/mol. The molecule has 0 aliphatic rings. The number of rotatable bonds is 9. The minimum absolute atomic E-state index is 0. The molecule has 0 aromatic carbocycles. The first kappa shape index (κ1) is 20.9. The van der Waals surface area contributed by atoms with E-state index in [9.17, 15) is 19.1 Å². The number of phosphoric acid groups is 1. The fraction of sp³-hybridized carbons (Fsp3) is 0.700. The van der Waals surface area contributed by atoms with Crippen LogP contribution < -0.4 is 9.79 Å². The number of carbonyl (C=O) groups is 1. The third kappa shape index (κ3) is 14.6. The van der Waals surface area contributed by atoms with Crippen molar-refractivity contribution in [1.82, 2.24) is 0 Å². The Kier molecular flexibility index (Phi) is 13.2. The molecule has 0 saturated heterocycles. The second-order valence-electron chi connectivity index (χ2n) is 3.61. The third-order valence-corrected chi connectivity index (χ3v) is 2.37. The molecule has 0 radical (unpaired) electrons. The van der Waals surface area contributed by atoms with Crippen molar-refractivity contribution < 1.29 is 28.4 Å². The SMILES string of the molecule is C=C(C)C(=O)OCCCCCCOP(=O)([O-])[O-].[Ca+2]. The first-order valence-electron chi connectivity index (χ1n) is 5.32. The molecule has 6 nitrogen and oxygen atoms in total. The van der Waals surface area contributed by atoms with E-state index in [-0.39, 0.29) is 44.3 Å². The number of ether oxygens (including phenoxy) is 1. The van der Waals surface area contributed by atoms with E-state index in [0.29, 0.717) is 31.4 Å². The van der Waals surface area contributed by atoms with E-state index in [1.54, 1.807) is 6.92 Å².